The molecule has 5 heteroatoms. The third-order valence-electron chi connectivity index (χ3n) is 10.5. The standard InChI is InChI=1S/C45H30N4O/c1-27-20-24-38-34(26-27)41-39(50-38)25-22-33-40-37(23-21-31-30-16-9-11-19-36(30)48(43(31)40)29-14-6-3-7-15-29)49(44(33)41)45-46-35-18-10-8-17-32(35)42(47-45)28-12-4-2-5-13-28/h2-25,27H,26H2,1H3. The van der Waals surface area contributed by atoms with Crippen LogP contribution in [0.5, 0.6) is 0 Å². The van der Waals surface area contributed by atoms with Gasteiger partial charge in [-0.15, -0.1) is 0 Å². The van der Waals surface area contributed by atoms with Gasteiger partial charge in [-0.25, -0.2) is 9.97 Å². The molecule has 6 aromatic carbocycles. The van der Waals surface area contributed by atoms with Gasteiger partial charge in [-0.1, -0.05) is 104 Å². The fraction of sp³-hybridized carbons (Fsp3) is 0.0667. The highest BCUT2D eigenvalue weighted by Crippen LogP contribution is 2.46. The highest BCUT2D eigenvalue weighted by molar-refractivity contribution is 6.29. The molecule has 0 spiro atoms. The van der Waals surface area contributed by atoms with Gasteiger partial charge >= 0.3 is 0 Å². The van der Waals surface area contributed by atoms with Crippen LogP contribution in [0, 0.1) is 5.92 Å². The summed E-state index contributed by atoms with van der Waals surface area (Å²) >= 11 is 0. The third kappa shape index (κ3) is 3.77. The van der Waals surface area contributed by atoms with Crippen LogP contribution in [-0.4, -0.2) is 19.1 Å². The van der Waals surface area contributed by atoms with Crippen molar-refractivity contribution in [2.75, 3.05) is 0 Å². The number of hydrogen-bond donors (Lipinski definition) is 0. The van der Waals surface area contributed by atoms with Gasteiger partial charge in [-0.2, -0.15) is 0 Å². The van der Waals surface area contributed by atoms with Crippen molar-refractivity contribution in [2.45, 2.75) is 13.3 Å². The monoisotopic (exact) mass is 642 g/mol. The molecule has 11 rings (SSSR count). The van der Waals surface area contributed by atoms with E-state index in [4.69, 9.17) is 14.4 Å². The predicted molar refractivity (Wildman–Crippen MR) is 205 cm³/mol. The van der Waals surface area contributed by atoms with E-state index in [1.165, 1.54) is 32.8 Å². The molecule has 0 fully saturated rings. The Balaban J connectivity index is 1.38. The summed E-state index contributed by atoms with van der Waals surface area (Å²) in [6.45, 7) is 2.27. The molecule has 0 N–H and O–H groups in total. The second kappa shape index (κ2) is 10.3. The summed E-state index contributed by atoms with van der Waals surface area (Å²) in [5, 5.41) is 6.93. The molecular weight excluding hydrogens is 613 g/mol. The van der Waals surface area contributed by atoms with Crippen LogP contribution in [0.3, 0.4) is 0 Å². The van der Waals surface area contributed by atoms with Gasteiger partial charge in [-0.3, -0.25) is 4.57 Å². The molecular formula is C45H30N4O. The summed E-state index contributed by atoms with van der Waals surface area (Å²) < 4.78 is 11.3. The fourth-order valence-electron chi connectivity index (χ4n) is 8.32. The van der Waals surface area contributed by atoms with Crippen molar-refractivity contribution in [1.29, 1.82) is 0 Å². The van der Waals surface area contributed by atoms with Gasteiger partial charge in [0.25, 0.3) is 0 Å². The molecule has 0 amide bonds. The smallest absolute Gasteiger partial charge is 0.235 e. The average molecular weight is 643 g/mol. The second-order valence-corrected chi connectivity index (χ2v) is 13.5. The average Bonchev–Trinajstić information content (AvgIpc) is 3.82. The van der Waals surface area contributed by atoms with Crippen molar-refractivity contribution < 1.29 is 4.42 Å². The SMILES string of the molecule is CC1C=Cc2oc3ccc4c5c(ccc6c7ccccc7n(-c7ccccc7)c65)n(-c5nc(-c6ccccc6)c6ccccc6n5)c4c3c2C1. The lowest BCUT2D eigenvalue weighted by Gasteiger charge is -2.13. The molecule has 0 saturated carbocycles. The summed E-state index contributed by atoms with van der Waals surface area (Å²) in [7, 11) is 0. The molecule has 0 radical (unpaired) electrons. The lowest BCUT2D eigenvalue weighted by atomic mass is 9.92. The lowest BCUT2D eigenvalue weighted by Crippen LogP contribution is -2.05. The molecule has 1 aliphatic carbocycles. The molecule has 0 bridgehead atoms. The Morgan fingerprint density at radius 1 is 0.600 bits per heavy atom. The number of rotatable bonds is 3. The number of furan rings is 1. The van der Waals surface area contributed by atoms with Crippen LogP contribution >= 0.6 is 0 Å². The summed E-state index contributed by atoms with van der Waals surface area (Å²) in [5.41, 5.74) is 10.6. The zero-order chi connectivity index (χ0) is 32.9. The Labute approximate surface area is 287 Å². The van der Waals surface area contributed by atoms with Gasteiger partial charge in [0.1, 0.15) is 11.3 Å². The fourth-order valence-corrected chi connectivity index (χ4v) is 8.32. The Hall–Kier alpha value is -6.46. The van der Waals surface area contributed by atoms with Crippen molar-refractivity contribution in [2.24, 2.45) is 5.92 Å². The number of hydrogen-bond acceptors (Lipinski definition) is 3. The highest BCUT2D eigenvalue weighted by atomic mass is 16.3. The van der Waals surface area contributed by atoms with E-state index < -0.39 is 0 Å². The highest BCUT2D eigenvalue weighted by Gasteiger charge is 2.27. The van der Waals surface area contributed by atoms with E-state index in [2.05, 4.69) is 156 Å². The first-order valence-corrected chi connectivity index (χ1v) is 17.2. The van der Waals surface area contributed by atoms with Crippen LogP contribution in [0.15, 0.2) is 144 Å². The van der Waals surface area contributed by atoms with Crippen LogP contribution in [-0.2, 0) is 6.42 Å². The largest absolute Gasteiger partial charge is 0.456 e. The predicted octanol–water partition coefficient (Wildman–Crippen LogP) is 11.4. The van der Waals surface area contributed by atoms with Gasteiger partial charge < -0.3 is 8.98 Å². The van der Waals surface area contributed by atoms with E-state index >= 15 is 0 Å². The molecule has 1 atom stereocenters. The van der Waals surface area contributed by atoms with Crippen molar-refractivity contribution in [3.8, 4) is 22.9 Å². The minimum absolute atomic E-state index is 0.408. The molecule has 0 saturated heterocycles. The first kappa shape index (κ1) is 27.5. The van der Waals surface area contributed by atoms with Crippen LogP contribution in [0.2, 0.25) is 0 Å². The maximum absolute atomic E-state index is 6.58. The second-order valence-electron chi connectivity index (χ2n) is 13.5. The zero-order valence-corrected chi connectivity index (χ0v) is 27.3. The molecule has 10 aromatic rings. The number of aromatic nitrogens is 4. The van der Waals surface area contributed by atoms with E-state index in [9.17, 15) is 0 Å². The van der Waals surface area contributed by atoms with E-state index in [0.29, 0.717) is 11.9 Å². The molecule has 5 nitrogen and oxygen atoms in total. The molecule has 4 aromatic heterocycles. The third-order valence-corrected chi connectivity index (χ3v) is 10.5. The van der Waals surface area contributed by atoms with Crippen LogP contribution in [0.1, 0.15) is 18.2 Å². The molecule has 4 heterocycles. The van der Waals surface area contributed by atoms with Crippen LogP contribution in [0.25, 0.3) is 94.5 Å². The Morgan fingerprint density at radius 2 is 1.32 bits per heavy atom. The number of benzene rings is 6. The molecule has 50 heavy (non-hydrogen) atoms. The number of para-hydroxylation sites is 3. The molecule has 1 aliphatic rings. The van der Waals surface area contributed by atoms with Crippen LogP contribution in [0.4, 0.5) is 0 Å². The Bertz CT molecular complexity index is 3020. The quantitative estimate of drug-likeness (QED) is 0.193. The first-order valence-electron chi connectivity index (χ1n) is 17.2. The van der Waals surface area contributed by atoms with Gasteiger partial charge in [-0.05, 0) is 60.9 Å². The summed E-state index contributed by atoms with van der Waals surface area (Å²) in [5.74, 6) is 1.99. The van der Waals surface area contributed by atoms with Crippen LogP contribution < -0.4 is 0 Å². The van der Waals surface area contributed by atoms with Crippen molar-refractivity contribution >= 4 is 71.6 Å². The maximum atomic E-state index is 6.58. The van der Waals surface area contributed by atoms with Crippen molar-refractivity contribution in [3.05, 3.63) is 151 Å². The number of nitrogens with zero attached hydrogens (tertiary/aromatic N) is 4. The minimum atomic E-state index is 0.408. The van der Waals surface area contributed by atoms with Crippen molar-refractivity contribution in [3.63, 3.8) is 0 Å². The Kier molecular flexibility index (Phi) is 5.65. The van der Waals surface area contributed by atoms with Gasteiger partial charge in [0.05, 0.1) is 33.3 Å². The van der Waals surface area contributed by atoms with E-state index in [1.54, 1.807) is 0 Å². The number of fused-ring (bicyclic) bond motifs is 12. The topological polar surface area (TPSA) is 48.8 Å². The molecule has 1 unspecified atom stereocenters. The Morgan fingerprint density at radius 3 is 2.18 bits per heavy atom. The molecule has 0 aliphatic heterocycles. The first-order chi connectivity index (χ1) is 24.7. The van der Waals surface area contributed by atoms with Crippen molar-refractivity contribution in [1.82, 2.24) is 19.1 Å². The lowest BCUT2D eigenvalue weighted by molar-refractivity contribution is 0.584. The van der Waals surface area contributed by atoms with Gasteiger partial charge in [0.15, 0.2) is 0 Å². The molecule has 236 valence electrons. The number of allylic oxidation sites excluding steroid dienone is 1. The zero-order valence-electron chi connectivity index (χ0n) is 27.3. The van der Waals surface area contributed by atoms with E-state index in [0.717, 1.165) is 67.4 Å². The minimum Gasteiger partial charge on any atom is -0.456 e. The van der Waals surface area contributed by atoms with E-state index in [-0.39, 0.29) is 0 Å². The maximum Gasteiger partial charge on any atom is 0.235 e. The van der Waals surface area contributed by atoms with Gasteiger partial charge in [0, 0.05) is 49.1 Å². The normalized spacial score (nSPS) is 14.5. The summed E-state index contributed by atoms with van der Waals surface area (Å²) in [4.78, 5) is 10.8. The summed E-state index contributed by atoms with van der Waals surface area (Å²) in [6.07, 6.45) is 5.30. The van der Waals surface area contributed by atoms with E-state index in [1.807, 2.05) is 6.07 Å². The van der Waals surface area contributed by atoms with Gasteiger partial charge in [0.2, 0.25) is 5.95 Å². The summed E-state index contributed by atoms with van der Waals surface area (Å²) in [6, 6.07) is 47.1.